The van der Waals surface area contributed by atoms with Gasteiger partial charge in [0.2, 0.25) is 5.91 Å². The third-order valence-corrected chi connectivity index (χ3v) is 5.95. The molecule has 0 bridgehead atoms. The normalized spacial score (nSPS) is 24.1. The van der Waals surface area contributed by atoms with Crippen LogP contribution in [0.5, 0.6) is 0 Å². The molecular formula is C22H30N4O. The summed E-state index contributed by atoms with van der Waals surface area (Å²) in [5.41, 5.74) is 1.04. The van der Waals surface area contributed by atoms with Crippen molar-refractivity contribution >= 4 is 22.6 Å². The van der Waals surface area contributed by atoms with Crippen molar-refractivity contribution in [3.63, 3.8) is 0 Å². The Balaban J connectivity index is 1.27. The summed E-state index contributed by atoms with van der Waals surface area (Å²) in [5.74, 6) is 1.96. The Bertz CT molecular complexity index is 785. The smallest absolute Gasteiger partial charge is 0.234 e. The van der Waals surface area contributed by atoms with E-state index in [1.807, 2.05) is 12.1 Å². The van der Waals surface area contributed by atoms with E-state index in [4.69, 9.17) is 4.98 Å². The molecule has 4 rings (SSSR count). The molecule has 1 saturated heterocycles. The van der Waals surface area contributed by atoms with Crippen LogP contribution in [-0.4, -0.2) is 54.6 Å². The number of nitrogens with zero attached hydrogens (tertiary/aromatic N) is 3. The number of rotatable bonds is 4. The molecule has 5 heteroatoms. The van der Waals surface area contributed by atoms with Gasteiger partial charge in [-0.25, -0.2) is 4.98 Å². The van der Waals surface area contributed by atoms with Crippen molar-refractivity contribution in [2.45, 2.75) is 38.6 Å². The van der Waals surface area contributed by atoms with E-state index < -0.39 is 0 Å². The number of carbonyl (C=O) groups excluding carboxylic acids is 1. The number of amides is 1. The molecule has 0 spiro atoms. The zero-order chi connectivity index (χ0) is 18.6. The van der Waals surface area contributed by atoms with E-state index in [0.717, 1.165) is 56.3 Å². The number of hydrogen-bond donors (Lipinski definition) is 1. The Labute approximate surface area is 161 Å². The first-order chi connectivity index (χ1) is 13.2. The predicted octanol–water partition coefficient (Wildman–Crippen LogP) is 3.05. The number of piperazine rings is 1. The molecule has 5 nitrogen and oxygen atoms in total. The van der Waals surface area contributed by atoms with E-state index in [1.165, 1.54) is 18.2 Å². The van der Waals surface area contributed by atoms with E-state index in [9.17, 15) is 4.79 Å². The molecule has 2 aliphatic rings. The van der Waals surface area contributed by atoms with Crippen molar-refractivity contribution in [1.29, 1.82) is 0 Å². The van der Waals surface area contributed by atoms with Gasteiger partial charge in [-0.05, 0) is 37.0 Å². The van der Waals surface area contributed by atoms with Crippen molar-refractivity contribution in [3.05, 3.63) is 36.4 Å². The van der Waals surface area contributed by atoms with Crippen LogP contribution >= 0.6 is 0 Å². The van der Waals surface area contributed by atoms with Crippen molar-refractivity contribution in [2.75, 3.05) is 37.6 Å². The molecule has 1 aromatic heterocycles. The molecule has 2 fully saturated rings. The molecule has 144 valence electrons. The number of anilines is 1. The summed E-state index contributed by atoms with van der Waals surface area (Å²) in [4.78, 5) is 21.8. The van der Waals surface area contributed by atoms with Gasteiger partial charge in [0, 0.05) is 37.6 Å². The predicted molar refractivity (Wildman–Crippen MR) is 110 cm³/mol. The Hall–Kier alpha value is -2.14. The number of para-hydroxylation sites is 1. The van der Waals surface area contributed by atoms with Gasteiger partial charge in [0.25, 0.3) is 0 Å². The highest BCUT2D eigenvalue weighted by molar-refractivity contribution is 5.80. The summed E-state index contributed by atoms with van der Waals surface area (Å²) < 4.78 is 0. The lowest BCUT2D eigenvalue weighted by Gasteiger charge is -2.35. The number of hydrogen-bond acceptors (Lipinski definition) is 4. The van der Waals surface area contributed by atoms with Crippen LogP contribution in [0.4, 0.5) is 5.82 Å². The monoisotopic (exact) mass is 366 g/mol. The summed E-state index contributed by atoms with van der Waals surface area (Å²) in [6.07, 6.45) is 4.81. The Morgan fingerprint density at radius 2 is 1.93 bits per heavy atom. The van der Waals surface area contributed by atoms with Gasteiger partial charge in [-0.15, -0.1) is 0 Å². The van der Waals surface area contributed by atoms with E-state index in [-0.39, 0.29) is 5.91 Å². The van der Waals surface area contributed by atoms with Gasteiger partial charge in [-0.1, -0.05) is 38.0 Å². The van der Waals surface area contributed by atoms with Crippen molar-refractivity contribution in [1.82, 2.24) is 15.2 Å². The van der Waals surface area contributed by atoms with Crippen LogP contribution in [0.2, 0.25) is 0 Å². The summed E-state index contributed by atoms with van der Waals surface area (Å²) in [6.45, 7) is 6.45. The average molecular weight is 367 g/mol. The van der Waals surface area contributed by atoms with E-state index in [1.54, 1.807) is 0 Å². The van der Waals surface area contributed by atoms with Crippen molar-refractivity contribution in [3.8, 4) is 0 Å². The molecule has 1 N–H and O–H groups in total. The van der Waals surface area contributed by atoms with Crippen LogP contribution < -0.4 is 10.2 Å². The van der Waals surface area contributed by atoms with Gasteiger partial charge < -0.3 is 10.2 Å². The third-order valence-electron chi connectivity index (χ3n) is 5.95. The standard InChI is InChI=1S/C22H30N4O/c1-17-5-4-7-19(15-17)23-22(27)16-25-11-13-26(14-12-25)21-10-9-18-6-2-3-8-20(18)24-21/h2-3,6,8-10,17,19H,4-5,7,11-16H2,1H3,(H,23,27). The number of aromatic nitrogens is 1. The molecular weight excluding hydrogens is 336 g/mol. The first kappa shape index (κ1) is 18.2. The fraction of sp³-hybridized carbons (Fsp3) is 0.545. The topological polar surface area (TPSA) is 48.5 Å². The maximum atomic E-state index is 12.4. The van der Waals surface area contributed by atoms with Crippen molar-refractivity contribution in [2.24, 2.45) is 5.92 Å². The minimum atomic E-state index is 0.186. The highest BCUT2D eigenvalue weighted by Crippen LogP contribution is 2.23. The highest BCUT2D eigenvalue weighted by Gasteiger charge is 2.23. The minimum Gasteiger partial charge on any atom is -0.354 e. The van der Waals surface area contributed by atoms with Crippen LogP contribution in [0, 0.1) is 5.92 Å². The lowest BCUT2D eigenvalue weighted by atomic mass is 9.87. The van der Waals surface area contributed by atoms with Crippen molar-refractivity contribution < 1.29 is 4.79 Å². The summed E-state index contributed by atoms with van der Waals surface area (Å²) >= 11 is 0. The molecule has 2 unspecified atom stereocenters. The number of carbonyl (C=O) groups is 1. The molecule has 1 aliphatic carbocycles. The second-order valence-electron chi connectivity index (χ2n) is 8.16. The van der Waals surface area contributed by atoms with Crippen LogP contribution in [0.15, 0.2) is 36.4 Å². The minimum absolute atomic E-state index is 0.186. The molecule has 1 aliphatic heterocycles. The third kappa shape index (κ3) is 4.59. The first-order valence-corrected chi connectivity index (χ1v) is 10.3. The van der Waals surface area contributed by atoms with E-state index in [2.05, 4.69) is 46.3 Å². The average Bonchev–Trinajstić information content (AvgIpc) is 2.68. The Morgan fingerprint density at radius 1 is 1.11 bits per heavy atom. The number of fused-ring (bicyclic) bond motifs is 1. The van der Waals surface area contributed by atoms with Gasteiger partial charge in [0.15, 0.2) is 0 Å². The maximum Gasteiger partial charge on any atom is 0.234 e. The Morgan fingerprint density at radius 3 is 2.74 bits per heavy atom. The van der Waals surface area contributed by atoms with Gasteiger partial charge in [-0.2, -0.15) is 0 Å². The number of pyridine rings is 1. The zero-order valence-electron chi connectivity index (χ0n) is 16.2. The van der Waals surface area contributed by atoms with Gasteiger partial charge >= 0.3 is 0 Å². The Kier molecular flexibility index (Phi) is 5.58. The largest absolute Gasteiger partial charge is 0.354 e. The molecule has 1 aromatic carbocycles. The summed E-state index contributed by atoms with van der Waals surface area (Å²) in [5, 5.41) is 4.43. The molecule has 2 aromatic rings. The van der Waals surface area contributed by atoms with Gasteiger partial charge in [0.05, 0.1) is 12.1 Å². The lowest BCUT2D eigenvalue weighted by molar-refractivity contribution is -0.123. The molecule has 2 heterocycles. The fourth-order valence-electron chi connectivity index (χ4n) is 4.41. The van der Waals surface area contributed by atoms with Gasteiger partial charge in [0.1, 0.15) is 5.82 Å². The van der Waals surface area contributed by atoms with Gasteiger partial charge in [-0.3, -0.25) is 9.69 Å². The van der Waals surface area contributed by atoms with E-state index >= 15 is 0 Å². The summed E-state index contributed by atoms with van der Waals surface area (Å²) in [6, 6.07) is 12.9. The SMILES string of the molecule is CC1CCCC(NC(=O)CN2CCN(c3ccc4ccccc4n3)CC2)C1. The second-order valence-corrected chi connectivity index (χ2v) is 8.16. The first-order valence-electron chi connectivity index (χ1n) is 10.3. The fourth-order valence-corrected chi connectivity index (χ4v) is 4.41. The van der Waals surface area contributed by atoms with Crippen LogP contribution in [-0.2, 0) is 4.79 Å². The van der Waals surface area contributed by atoms with E-state index in [0.29, 0.717) is 12.6 Å². The molecule has 0 radical (unpaired) electrons. The second kappa shape index (κ2) is 8.26. The molecule has 1 saturated carbocycles. The molecule has 1 amide bonds. The number of benzene rings is 1. The zero-order valence-corrected chi connectivity index (χ0v) is 16.2. The highest BCUT2D eigenvalue weighted by atomic mass is 16.2. The number of nitrogens with one attached hydrogen (secondary N) is 1. The quantitative estimate of drug-likeness (QED) is 0.904. The maximum absolute atomic E-state index is 12.4. The molecule has 27 heavy (non-hydrogen) atoms. The summed E-state index contributed by atoms with van der Waals surface area (Å²) in [7, 11) is 0. The van der Waals surface area contributed by atoms with Crippen LogP contribution in [0.3, 0.4) is 0 Å². The molecule has 2 atom stereocenters. The van der Waals surface area contributed by atoms with Crippen LogP contribution in [0.25, 0.3) is 10.9 Å². The van der Waals surface area contributed by atoms with Crippen LogP contribution in [0.1, 0.15) is 32.6 Å². The lowest BCUT2D eigenvalue weighted by Crippen LogP contribution is -2.51.